The molecule has 1 unspecified atom stereocenters. The highest BCUT2D eigenvalue weighted by Crippen LogP contribution is 2.23. The largest absolute Gasteiger partial charge is 0.479 e. The van der Waals surface area contributed by atoms with Gasteiger partial charge in [0.05, 0.1) is 6.61 Å². The summed E-state index contributed by atoms with van der Waals surface area (Å²) in [5, 5.41) is 0. The van der Waals surface area contributed by atoms with E-state index in [4.69, 9.17) is 14.2 Å². The third kappa shape index (κ3) is 5.57. The lowest BCUT2D eigenvalue weighted by Crippen LogP contribution is -2.26. The van der Waals surface area contributed by atoms with E-state index < -0.39 is 6.10 Å². The van der Waals surface area contributed by atoms with E-state index in [2.05, 4.69) is 4.98 Å². The van der Waals surface area contributed by atoms with Crippen molar-refractivity contribution in [1.82, 2.24) is 4.98 Å². The number of aryl methyl sites for hydroxylation is 1. The second-order valence-corrected chi connectivity index (χ2v) is 5.53. The molecule has 1 atom stereocenters. The summed E-state index contributed by atoms with van der Waals surface area (Å²) < 4.78 is 16.4. The predicted molar refractivity (Wildman–Crippen MR) is 91.4 cm³/mol. The number of nitrogens with zero attached hydrogens (tertiary/aromatic N) is 1. The molecule has 0 bridgehead atoms. The molecule has 24 heavy (non-hydrogen) atoms. The molecule has 5 nitrogen and oxygen atoms in total. The third-order valence-corrected chi connectivity index (χ3v) is 3.32. The Morgan fingerprint density at radius 2 is 1.83 bits per heavy atom. The number of pyridine rings is 1. The number of hydrogen-bond acceptors (Lipinski definition) is 5. The van der Waals surface area contributed by atoms with Crippen LogP contribution < -0.4 is 9.47 Å². The van der Waals surface area contributed by atoms with Gasteiger partial charge in [-0.1, -0.05) is 19.4 Å². The van der Waals surface area contributed by atoms with Gasteiger partial charge >= 0.3 is 5.97 Å². The monoisotopic (exact) mass is 329 g/mol. The van der Waals surface area contributed by atoms with E-state index in [-0.39, 0.29) is 5.97 Å². The average Bonchev–Trinajstić information content (AvgIpc) is 2.58. The number of hydrogen-bond donors (Lipinski definition) is 0. The minimum atomic E-state index is -0.646. The zero-order valence-electron chi connectivity index (χ0n) is 14.3. The van der Waals surface area contributed by atoms with E-state index in [1.807, 2.05) is 26.0 Å². The lowest BCUT2D eigenvalue weighted by Gasteiger charge is -2.14. The molecular formula is C19H23NO4. The summed E-state index contributed by atoms with van der Waals surface area (Å²) in [7, 11) is 0. The molecule has 0 aliphatic carbocycles. The fraction of sp³-hybridized carbons (Fsp3) is 0.368. The Hall–Kier alpha value is -2.56. The fourth-order valence-corrected chi connectivity index (χ4v) is 1.91. The molecule has 0 saturated carbocycles. The zero-order chi connectivity index (χ0) is 17.4. The van der Waals surface area contributed by atoms with Gasteiger partial charge in [0.15, 0.2) is 6.10 Å². The van der Waals surface area contributed by atoms with Gasteiger partial charge in [-0.05, 0) is 50.1 Å². The molecule has 0 spiro atoms. The Bertz CT molecular complexity index is 637. The molecule has 0 aliphatic heterocycles. The van der Waals surface area contributed by atoms with Gasteiger partial charge < -0.3 is 14.2 Å². The van der Waals surface area contributed by atoms with Crippen LogP contribution in [0.1, 0.15) is 32.3 Å². The van der Waals surface area contributed by atoms with E-state index in [1.165, 1.54) is 0 Å². The van der Waals surface area contributed by atoms with Crippen LogP contribution in [0.25, 0.3) is 0 Å². The number of rotatable bonds is 8. The molecular weight excluding hydrogens is 306 g/mol. The number of aromatic nitrogens is 1. The van der Waals surface area contributed by atoms with Crippen molar-refractivity contribution in [2.45, 2.75) is 39.7 Å². The van der Waals surface area contributed by atoms with Crippen molar-refractivity contribution in [1.29, 1.82) is 0 Å². The van der Waals surface area contributed by atoms with Crippen LogP contribution in [0.4, 0.5) is 0 Å². The second-order valence-electron chi connectivity index (χ2n) is 5.53. The second kappa shape index (κ2) is 8.91. The van der Waals surface area contributed by atoms with Gasteiger partial charge in [0, 0.05) is 12.3 Å². The molecule has 2 aromatic rings. The maximum Gasteiger partial charge on any atom is 0.347 e. The number of esters is 1. The third-order valence-electron chi connectivity index (χ3n) is 3.32. The summed E-state index contributed by atoms with van der Waals surface area (Å²) in [6.07, 6.45) is 2.95. The van der Waals surface area contributed by atoms with E-state index in [0.717, 1.165) is 18.4 Å². The number of unbranched alkanes of at least 4 members (excludes halogenated alkanes) is 1. The van der Waals surface area contributed by atoms with Gasteiger partial charge in [-0.15, -0.1) is 0 Å². The van der Waals surface area contributed by atoms with Gasteiger partial charge in [0.25, 0.3) is 0 Å². The first-order valence-electron chi connectivity index (χ1n) is 8.12. The molecule has 0 radical (unpaired) electrons. The average molecular weight is 329 g/mol. The topological polar surface area (TPSA) is 57.7 Å². The van der Waals surface area contributed by atoms with Crippen molar-refractivity contribution < 1.29 is 19.0 Å². The molecule has 2 rings (SSSR count). The molecule has 1 heterocycles. The first-order valence-corrected chi connectivity index (χ1v) is 8.12. The van der Waals surface area contributed by atoms with E-state index >= 15 is 0 Å². The highest BCUT2D eigenvalue weighted by Gasteiger charge is 2.16. The summed E-state index contributed by atoms with van der Waals surface area (Å²) in [5.41, 5.74) is 1.07. The van der Waals surface area contributed by atoms with Crippen LogP contribution in [0.3, 0.4) is 0 Å². The van der Waals surface area contributed by atoms with Crippen LogP contribution in [-0.2, 0) is 9.53 Å². The van der Waals surface area contributed by atoms with Crippen molar-refractivity contribution in [3.8, 4) is 17.4 Å². The molecule has 1 aromatic heterocycles. The SMILES string of the molecule is CCCCOC(=O)C(C)Oc1ccc(Oc2ccc(C)cn2)cc1. The number of benzene rings is 1. The van der Waals surface area contributed by atoms with E-state index in [0.29, 0.717) is 24.0 Å². The maximum atomic E-state index is 11.8. The van der Waals surface area contributed by atoms with Crippen molar-refractivity contribution in [3.63, 3.8) is 0 Å². The highest BCUT2D eigenvalue weighted by molar-refractivity contribution is 5.74. The normalized spacial score (nSPS) is 11.6. The smallest absolute Gasteiger partial charge is 0.347 e. The molecule has 0 fully saturated rings. The van der Waals surface area contributed by atoms with Gasteiger partial charge in [-0.3, -0.25) is 0 Å². The Morgan fingerprint density at radius 1 is 1.12 bits per heavy atom. The summed E-state index contributed by atoms with van der Waals surface area (Å²) in [6.45, 7) is 6.12. The zero-order valence-corrected chi connectivity index (χ0v) is 14.3. The first-order chi connectivity index (χ1) is 11.6. The van der Waals surface area contributed by atoms with Crippen molar-refractivity contribution in [2.24, 2.45) is 0 Å². The summed E-state index contributed by atoms with van der Waals surface area (Å²) in [5.74, 6) is 1.41. The van der Waals surface area contributed by atoms with Gasteiger partial charge in [0.2, 0.25) is 5.88 Å². The summed E-state index contributed by atoms with van der Waals surface area (Å²) in [4.78, 5) is 16.0. The van der Waals surface area contributed by atoms with Gasteiger partial charge in [0.1, 0.15) is 11.5 Å². The minimum absolute atomic E-state index is 0.354. The van der Waals surface area contributed by atoms with E-state index in [9.17, 15) is 4.79 Å². The Morgan fingerprint density at radius 3 is 2.46 bits per heavy atom. The number of carbonyl (C=O) groups is 1. The van der Waals surface area contributed by atoms with Crippen LogP contribution in [0.15, 0.2) is 42.6 Å². The lowest BCUT2D eigenvalue weighted by atomic mass is 10.3. The Labute approximate surface area is 142 Å². The standard InChI is InChI=1S/C19H23NO4/c1-4-5-12-22-19(21)15(3)23-16-7-9-17(10-8-16)24-18-11-6-14(2)13-20-18/h6-11,13,15H,4-5,12H2,1-3H3. The molecule has 0 amide bonds. The van der Waals surface area contributed by atoms with Crippen molar-refractivity contribution in [2.75, 3.05) is 6.61 Å². The quantitative estimate of drug-likeness (QED) is 0.534. The number of ether oxygens (including phenoxy) is 3. The van der Waals surface area contributed by atoms with Crippen LogP contribution in [0, 0.1) is 6.92 Å². The molecule has 5 heteroatoms. The lowest BCUT2D eigenvalue weighted by molar-refractivity contribution is -0.151. The van der Waals surface area contributed by atoms with Gasteiger partial charge in [-0.2, -0.15) is 0 Å². The van der Waals surface area contributed by atoms with Crippen LogP contribution in [-0.4, -0.2) is 23.7 Å². The van der Waals surface area contributed by atoms with Crippen molar-refractivity contribution in [3.05, 3.63) is 48.2 Å². The molecule has 0 aliphatic rings. The molecule has 1 aromatic carbocycles. The summed E-state index contributed by atoms with van der Waals surface area (Å²) in [6, 6.07) is 10.8. The van der Waals surface area contributed by atoms with E-state index in [1.54, 1.807) is 37.4 Å². The Kier molecular flexibility index (Phi) is 6.61. The highest BCUT2D eigenvalue weighted by atomic mass is 16.6. The van der Waals surface area contributed by atoms with Crippen molar-refractivity contribution >= 4 is 5.97 Å². The molecule has 0 saturated heterocycles. The van der Waals surface area contributed by atoms with Crippen LogP contribution >= 0.6 is 0 Å². The molecule has 128 valence electrons. The Balaban J connectivity index is 1.87. The fourth-order valence-electron chi connectivity index (χ4n) is 1.91. The van der Waals surface area contributed by atoms with Crippen LogP contribution in [0.5, 0.6) is 17.4 Å². The van der Waals surface area contributed by atoms with Gasteiger partial charge in [-0.25, -0.2) is 9.78 Å². The minimum Gasteiger partial charge on any atom is -0.479 e. The summed E-state index contributed by atoms with van der Waals surface area (Å²) >= 11 is 0. The molecule has 0 N–H and O–H groups in total. The van der Waals surface area contributed by atoms with Crippen LogP contribution in [0.2, 0.25) is 0 Å². The maximum absolute atomic E-state index is 11.8. The number of carbonyl (C=O) groups excluding carboxylic acids is 1. The predicted octanol–water partition coefficient (Wildman–Crippen LogP) is 4.29. The first kappa shape index (κ1) is 17.8.